The molecular formula is C12H19ClN2O. The number of hydrogen-bond donors (Lipinski definition) is 2. The summed E-state index contributed by atoms with van der Waals surface area (Å²) >= 11 is 5.92. The Bertz CT molecular complexity index is 318. The second kappa shape index (κ2) is 6.86. The smallest absolute Gasteiger partial charge is 0.0639 e. The Morgan fingerprint density at radius 1 is 1.44 bits per heavy atom. The van der Waals surface area contributed by atoms with E-state index in [1.165, 1.54) is 0 Å². The predicted molar refractivity (Wildman–Crippen MR) is 67.4 cm³/mol. The van der Waals surface area contributed by atoms with Crippen molar-refractivity contribution in [1.82, 2.24) is 5.43 Å². The average molecular weight is 243 g/mol. The molecule has 0 aliphatic carbocycles. The summed E-state index contributed by atoms with van der Waals surface area (Å²) in [6.07, 6.45) is 1.03. The second-order valence-corrected chi connectivity index (χ2v) is 4.52. The van der Waals surface area contributed by atoms with Gasteiger partial charge in [-0.25, -0.2) is 0 Å². The van der Waals surface area contributed by atoms with E-state index in [0.717, 1.165) is 17.0 Å². The Kier molecular flexibility index (Phi) is 5.77. The molecule has 16 heavy (non-hydrogen) atoms. The molecule has 3 N–H and O–H groups in total. The molecule has 0 spiro atoms. The van der Waals surface area contributed by atoms with E-state index in [1.54, 1.807) is 0 Å². The van der Waals surface area contributed by atoms with Crippen LogP contribution in [-0.4, -0.2) is 18.8 Å². The van der Waals surface area contributed by atoms with Gasteiger partial charge in [-0.3, -0.25) is 11.3 Å². The average Bonchev–Trinajstić information content (AvgIpc) is 2.24. The number of ether oxygens (including phenoxy) is 1. The van der Waals surface area contributed by atoms with Crippen LogP contribution in [0.1, 0.15) is 19.4 Å². The molecule has 0 saturated carbocycles. The molecular weight excluding hydrogens is 224 g/mol. The number of hydrogen-bond acceptors (Lipinski definition) is 3. The van der Waals surface area contributed by atoms with Crippen molar-refractivity contribution in [2.45, 2.75) is 32.4 Å². The molecule has 0 bridgehead atoms. The number of nitrogens with one attached hydrogen (secondary N) is 1. The minimum atomic E-state index is 0.112. The third kappa shape index (κ3) is 4.94. The Labute approximate surface area is 102 Å². The van der Waals surface area contributed by atoms with Crippen LogP contribution < -0.4 is 11.3 Å². The van der Waals surface area contributed by atoms with Gasteiger partial charge in [-0.2, -0.15) is 0 Å². The van der Waals surface area contributed by atoms with Crippen molar-refractivity contribution in [3.05, 3.63) is 34.9 Å². The molecule has 1 aromatic rings. The molecule has 0 amide bonds. The second-order valence-electron chi connectivity index (χ2n) is 4.08. The van der Waals surface area contributed by atoms with Crippen LogP contribution in [0.2, 0.25) is 5.02 Å². The highest BCUT2D eigenvalue weighted by molar-refractivity contribution is 6.30. The number of nitrogens with two attached hydrogens (primary N) is 1. The van der Waals surface area contributed by atoms with Crippen molar-refractivity contribution >= 4 is 11.6 Å². The molecule has 1 unspecified atom stereocenters. The van der Waals surface area contributed by atoms with Gasteiger partial charge >= 0.3 is 0 Å². The Morgan fingerprint density at radius 3 is 2.75 bits per heavy atom. The maximum Gasteiger partial charge on any atom is 0.0639 e. The summed E-state index contributed by atoms with van der Waals surface area (Å²) in [5.41, 5.74) is 3.91. The molecule has 0 saturated heterocycles. The molecule has 1 rings (SSSR count). The molecule has 90 valence electrons. The van der Waals surface area contributed by atoms with E-state index < -0.39 is 0 Å². The lowest BCUT2D eigenvalue weighted by Crippen LogP contribution is -2.40. The fourth-order valence-corrected chi connectivity index (χ4v) is 1.64. The number of benzene rings is 1. The monoisotopic (exact) mass is 242 g/mol. The van der Waals surface area contributed by atoms with Gasteiger partial charge in [0.25, 0.3) is 0 Å². The number of hydrazine groups is 1. The van der Waals surface area contributed by atoms with Gasteiger partial charge in [-0.15, -0.1) is 0 Å². The van der Waals surface area contributed by atoms with Gasteiger partial charge in [0.15, 0.2) is 0 Å². The zero-order chi connectivity index (χ0) is 12.0. The first-order valence-electron chi connectivity index (χ1n) is 5.44. The quantitative estimate of drug-likeness (QED) is 0.594. The summed E-state index contributed by atoms with van der Waals surface area (Å²) in [5, 5.41) is 0.748. The molecule has 3 nitrogen and oxygen atoms in total. The molecule has 0 aromatic heterocycles. The van der Waals surface area contributed by atoms with E-state index >= 15 is 0 Å². The molecule has 0 heterocycles. The van der Waals surface area contributed by atoms with Crippen LogP contribution in [0, 0.1) is 0 Å². The maximum absolute atomic E-state index is 5.92. The largest absolute Gasteiger partial charge is 0.377 e. The summed E-state index contributed by atoms with van der Waals surface area (Å²) < 4.78 is 5.52. The van der Waals surface area contributed by atoms with Gasteiger partial charge < -0.3 is 4.74 Å². The molecule has 1 aromatic carbocycles. The van der Waals surface area contributed by atoms with Gasteiger partial charge in [0, 0.05) is 11.1 Å². The lowest BCUT2D eigenvalue weighted by molar-refractivity contribution is 0.0613. The van der Waals surface area contributed by atoms with Crippen molar-refractivity contribution in [2.24, 2.45) is 5.84 Å². The highest BCUT2D eigenvalue weighted by atomic mass is 35.5. The normalized spacial score (nSPS) is 13.1. The predicted octanol–water partition coefficient (Wildman–Crippen LogP) is 2.14. The summed E-state index contributed by atoms with van der Waals surface area (Å²) in [5.74, 6) is 5.48. The van der Waals surface area contributed by atoms with Gasteiger partial charge in [-0.1, -0.05) is 23.7 Å². The summed E-state index contributed by atoms with van der Waals surface area (Å²) in [6.45, 7) is 4.61. The standard InChI is InChI=1S/C12H19ClN2O/c1-9(2)16-8-12(15-14)7-10-4-3-5-11(13)6-10/h3-6,9,12,15H,7-8,14H2,1-2H3. The van der Waals surface area contributed by atoms with Crippen LogP contribution in [0.25, 0.3) is 0 Å². The van der Waals surface area contributed by atoms with E-state index in [-0.39, 0.29) is 12.1 Å². The fourth-order valence-electron chi connectivity index (χ4n) is 1.42. The van der Waals surface area contributed by atoms with Gasteiger partial charge in [0.1, 0.15) is 0 Å². The van der Waals surface area contributed by atoms with Crippen molar-refractivity contribution in [3.8, 4) is 0 Å². The zero-order valence-corrected chi connectivity index (χ0v) is 10.5. The summed E-state index contributed by atoms with van der Waals surface area (Å²) in [7, 11) is 0. The molecule has 1 atom stereocenters. The molecule has 0 radical (unpaired) electrons. The third-order valence-electron chi connectivity index (χ3n) is 2.24. The van der Waals surface area contributed by atoms with E-state index in [1.807, 2.05) is 38.1 Å². The van der Waals surface area contributed by atoms with E-state index in [9.17, 15) is 0 Å². The van der Waals surface area contributed by atoms with Crippen LogP contribution in [0.3, 0.4) is 0 Å². The van der Waals surface area contributed by atoms with Crippen LogP contribution in [0.15, 0.2) is 24.3 Å². The van der Waals surface area contributed by atoms with Gasteiger partial charge in [-0.05, 0) is 38.0 Å². The van der Waals surface area contributed by atoms with Crippen molar-refractivity contribution < 1.29 is 4.74 Å². The lowest BCUT2D eigenvalue weighted by Gasteiger charge is -2.17. The van der Waals surface area contributed by atoms with E-state index in [4.69, 9.17) is 22.2 Å². The SMILES string of the molecule is CC(C)OCC(Cc1cccc(Cl)c1)NN. The zero-order valence-electron chi connectivity index (χ0n) is 9.74. The first-order valence-corrected chi connectivity index (χ1v) is 5.81. The topological polar surface area (TPSA) is 47.3 Å². The van der Waals surface area contributed by atoms with E-state index in [2.05, 4.69) is 5.43 Å². The van der Waals surface area contributed by atoms with Crippen LogP contribution in [-0.2, 0) is 11.2 Å². The minimum absolute atomic E-state index is 0.112. The third-order valence-corrected chi connectivity index (χ3v) is 2.47. The Hall–Kier alpha value is -0.610. The Morgan fingerprint density at radius 2 is 2.19 bits per heavy atom. The van der Waals surface area contributed by atoms with Gasteiger partial charge in [0.2, 0.25) is 0 Å². The number of rotatable bonds is 6. The molecule has 4 heteroatoms. The van der Waals surface area contributed by atoms with Crippen LogP contribution >= 0.6 is 11.6 Å². The highest BCUT2D eigenvalue weighted by Gasteiger charge is 2.09. The van der Waals surface area contributed by atoms with E-state index in [0.29, 0.717) is 6.61 Å². The highest BCUT2D eigenvalue weighted by Crippen LogP contribution is 2.12. The van der Waals surface area contributed by atoms with Crippen molar-refractivity contribution in [2.75, 3.05) is 6.61 Å². The molecule has 0 aliphatic heterocycles. The summed E-state index contributed by atoms with van der Waals surface area (Å²) in [6, 6.07) is 7.89. The van der Waals surface area contributed by atoms with Crippen LogP contribution in [0.5, 0.6) is 0 Å². The minimum Gasteiger partial charge on any atom is -0.377 e. The summed E-state index contributed by atoms with van der Waals surface area (Å²) in [4.78, 5) is 0. The van der Waals surface area contributed by atoms with Gasteiger partial charge in [0.05, 0.1) is 12.7 Å². The lowest BCUT2D eigenvalue weighted by atomic mass is 10.1. The van der Waals surface area contributed by atoms with Crippen molar-refractivity contribution in [1.29, 1.82) is 0 Å². The van der Waals surface area contributed by atoms with Crippen LogP contribution in [0.4, 0.5) is 0 Å². The Balaban J connectivity index is 2.49. The fraction of sp³-hybridized carbons (Fsp3) is 0.500. The molecule has 0 aliphatic rings. The first kappa shape index (κ1) is 13.5. The van der Waals surface area contributed by atoms with Crippen molar-refractivity contribution in [3.63, 3.8) is 0 Å². The molecule has 0 fully saturated rings. The maximum atomic E-state index is 5.92. The number of halogens is 1. The first-order chi connectivity index (χ1) is 7.61.